The molecule has 0 radical (unpaired) electrons. The molecule has 4 nitrogen and oxygen atoms in total. The van der Waals surface area contributed by atoms with Crippen LogP contribution in [0.15, 0.2) is 0 Å². The molecule has 4 heteroatoms. The second-order valence-electron chi connectivity index (χ2n) is 4.87. The summed E-state index contributed by atoms with van der Waals surface area (Å²) in [4.78, 5) is 11.5. The number of alkyl carbamates (subject to hydrolysis) is 1. The molecular weight excluding hydrogens is 204 g/mol. The van der Waals surface area contributed by atoms with E-state index in [-0.39, 0.29) is 6.09 Å². The van der Waals surface area contributed by atoms with Crippen LogP contribution in [0, 0.1) is 0 Å². The molecule has 1 saturated heterocycles. The zero-order chi connectivity index (χ0) is 11.2. The molecule has 1 heterocycles. The summed E-state index contributed by atoms with van der Waals surface area (Å²) in [6, 6.07) is 0.717. The van der Waals surface area contributed by atoms with Crippen LogP contribution in [0.1, 0.15) is 44.9 Å². The van der Waals surface area contributed by atoms with Crippen molar-refractivity contribution in [2.75, 3.05) is 13.2 Å². The maximum atomic E-state index is 11.5. The Bertz CT molecular complexity index is 221. The summed E-state index contributed by atoms with van der Waals surface area (Å²) >= 11 is 0. The van der Waals surface area contributed by atoms with Crippen LogP contribution >= 0.6 is 0 Å². The number of carbonyl (C=O) groups excluding carboxylic acids is 1. The van der Waals surface area contributed by atoms with Gasteiger partial charge in [0.15, 0.2) is 0 Å². The van der Waals surface area contributed by atoms with Gasteiger partial charge in [-0.15, -0.1) is 0 Å². The van der Waals surface area contributed by atoms with Crippen molar-refractivity contribution in [1.82, 2.24) is 10.6 Å². The van der Waals surface area contributed by atoms with Gasteiger partial charge in [-0.3, -0.25) is 0 Å². The summed E-state index contributed by atoms with van der Waals surface area (Å²) in [5.74, 6) is 0. The summed E-state index contributed by atoms with van der Waals surface area (Å²) in [7, 11) is 0. The van der Waals surface area contributed by atoms with Gasteiger partial charge >= 0.3 is 6.09 Å². The first-order valence-corrected chi connectivity index (χ1v) is 6.51. The molecule has 1 amide bonds. The third kappa shape index (κ3) is 3.67. The molecule has 1 atom stereocenters. The lowest BCUT2D eigenvalue weighted by atomic mass is 10.1. The third-order valence-electron chi connectivity index (χ3n) is 3.51. The van der Waals surface area contributed by atoms with E-state index in [2.05, 4.69) is 10.6 Å². The number of ether oxygens (including phenoxy) is 1. The van der Waals surface area contributed by atoms with Crippen LogP contribution in [0.4, 0.5) is 4.79 Å². The van der Waals surface area contributed by atoms with Crippen molar-refractivity contribution in [3.05, 3.63) is 0 Å². The number of hydrogen-bond acceptors (Lipinski definition) is 3. The molecule has 1 unspecified atom stereocenters. The Morgan fingerprint density at radius 1 is 1.19 bits per heavy atom. The molecule has 0 bridgehead atoms. The van der Waals surface area contributed by atoms with E-state index >= 15 is 0 Å². The smallest absolute Gasteiger partial charge is 0.407 e. The fourth-order valence-corrected chi connectivity index (χ4v) is 2.52. The Morgan fingerprint density at radius 2 is 1.94 bits per heavy atom. The number of amides is 1. The lowest BCUT2D eigenvalue weighted by Crippen LogP contribution is -2.40. The van der Waals surface area contributed by atoms with E-state index < -0.39 is 0 Å². The molecule has 0 aromatic heterocycles. The number of piperidine rings is 1. The van der Waals surface area contributed by atoms with E-state index in [4.69, 9.17) is 4.74 Å². The minimum absolute atomic E-state index is 0.237. The first-order chi connectivity index (χ1) is 7.84. The van der Waals surface area contributed by atoms with Gasteiger partial charge in [0.05, 0.1) is 0 Å². The summed E-state index contributed by atoms with van der Waals surface area (Å²) in [5, 5.41) is 6.29. The van der Waals surface area contributed by atoms with Crippen LogP contribution < -0.4 is 10.6 Å². The molecule has 2 N–H and O–H groups in total. The molecule has 0 spiro atoms. The van der Waals surface area contributed by atoms with Crippen LogP contribution in [0.3, 0.4) is 0 Å². The molecular formula is C12H22N2O2. The normalized spacial score (nSPS) is 26.6. The Labute approximate surface area is 97.1 Å². The highest BCUT2D eigenvalue weighted by Gasteiger charge is 2.19. The second kappa shape index (κ2) is 6.09. The van der Waals surface area contributed by atoms with Gasteiger partial charge in [0, 0.05) is 12.1 Å². The molecule has 2 aliphatic rings. The molecule has 1 aliphatic carbocycles. The quantitative estimate of drug-likeness (QED) is 0.771. The number of nitrogens with one attached hydrogen (secondary N) is 2. The molecule has 1 aliphatic heterocycles. The zero-order valence-corrected chi connectivity index (χ0v) is 9.84. The zero-order valence-electron chi connectivity index (χ0n) is 9.84. The minimum Gasteiger partial charge on any atom is -0.448 e. The summed E-state index contributed by atoms with van der Waals surface area (Å²) < 4.78 is 5.23. The monoisotopic (exact) mass is 226 g/mol. The first kappa shape index (κ1) is 11.7. The van der Waals surface area contributed by atoms with Crippen LogP contribution in [-0.2, 0) is 4.74 Å². The molecule has 92 valence electrons. The maximum absolute atomic E-state index is 11.5. The lowest BCUT2D eigenvalue weighted by molar-refractivity contribution is 0.124. The summed E-state index contributed by atoms with van der Waals surface area (Å²) in [6.45, 7) is 1.57. The Hall–Kier alpha value is -0.770. The highest BCUT2D eigenvalue weighted by atomic mass is 16.5. The van der Waals surface area contributed by atoms with Crippen LogP contribution in [0.5, 0.6) is 0 Å². The van der Waals surface area contributed by atoms with Gasteiger partial charge in [0.1, 0.15) is 6.61 Å². The maximum Gasteiger partial charge on any atom is 0.407 e. The predicted octanol–water partition coefficient (Wildman–Crippen LogP) is 1.80. The number of rotatable bonds is 3. The average molecular weight is 226 g/mol. The largest absolute Gasteiger partial charge is 0.448 e. The van der Waals surface area contributed by atoms with Gasteiger partial charge in [-0.25, -0.2) is 4.79 Å². The second-order valence-corrected chi connectivity index (χ2v) is 4.87. The van der Waals surface area contributed by atoms with Crippen molar-refractivity contribution < 1.29 is 9.53 Å². The van der Waals surface area contributed by atoms with Gasteiger partial charge in [-0.2, -0.15) is 0 Å². The molecule has 1 saturated carbocycles. The topological polar surface area (TPSA) is 50.4 Å². The van der Waals surface area contributed by atoms with Gasteiger partial charge in [-0.05, 0) is 32.2 Å². The van der Waals surface area contributed by atoms with Gasteiger partial charge in [-0.1, -0.05) is 19.3 Å². The predicted molar refractivity (Wildman–Crippen MR) is 62.4 cm³/mol. The van der Waals surface area contributed by atoms with Crippen molar-refractivity contribution in [2.45, 2.75) is 57.0 Å². The summed E-state index contributed by atoms with van der Waals surface area (Å²) in [5.41, 5.74) is 0. The van der Waals surface area contributed by atoms with Gasteiger partial charge in [0.25, 0.3) is 0 Å². The SMILES string of the molecule is O=C(NC1CCCC1)OCC1CCCCN1. The fraction of sp³-hybridized carbons (Fsp3) is 0.917. The van der Waals surface area contributed by atoms with Crippen molar-refractivity contribution in [3.8, 4) is 0 Å². The number of carbonyl (C=O) groups is 1. The molecule has 0 aromatic rings. The highest BCUT2D eigenvalue weighted by molar-refractivity contribution is 5.67. The third-order valence-corrected chi connectivity index (χ3v) is 3.51. The Balaban J connectivity index is 1.59. The average Bonchev–Trinajstić information content (AvgIpc) is 2.81. The van der Waals surface area contributed by atoms with Crippen LogP contribution in [0.25, 0.3) is 0 Å². The Kier molecular flexibility index (Phi) is 4.45. The summed E-state index contributed by atoms with van der Waals surface area (Å²) in [6.07, 6.45) is 8.05. The van der Waals surface area contributed by atoms with E-state index in [0.29, 0.717) is 18.7 Å². The molecule has 16 heavy (non-hydrogen) atoms. The lowest BCUT2D eigenvalue weighted by Gasteiger charge is -2.23. The highest BCUT2D eigenvalue weighted by Crippen LogP contribution is 2.17. The molecule has 2 rings (SSSR count). The van der Waals surface area contributed by atoms with Gasteiger partial charge < -0.3 is 15.4 Å². The van der Waals surface area contributed by atoms with E-state index in [1.165, 1.54) is 25.7 Å². The van der Waals surface area contributed by atoms with E-state index in [9.17, 15) is 4.79 Å². The van der Waals surface area contributed by atoms with E-state index in [1.54, 1.807) is 0 Å². The minimum atomic E-state index is -0.237. The van der Waals surface area contributed by atoms with E-state index in [1.807, 2.05) is 0 Å². The van der Waals surface area contributed by atoms with Crippen molar-refractivity contribution in [1.29, 1.82) is 0 Å². The van der Waals surface area contributed by atoms with Crippen molar-refractivity contribution in [2.24, 2.45) is 0 Å². The van der Waals surface area contributed by atoms with Gasteiger partial charge in [0.2, 0.25) is 0 Å². The standard InChI is InChI=1S/C12H22N2O2/c15-12(14-10-5-1-2-6-10)16-9-11-7-3-4-8-13-11/h10-11,13H,1-9H2,(H,14,15). The van der Waals surface area contributed by atoms with Crippen LogP contribution in [0.2, 0.25) is 0 Å². The van der Waals surface area contributed by atoms with E-state index in [0.717, 1.165) is 25.8 Å². The Morgan fingerprint density at radius 3 is 2.62 bits per heavy atom. The van der Waals surface area contributed by atoms with Crippen molar-refractivity contribution >= 4 is 6.09 Å². The fourth-order valence-electron chi connectivity index (χ4n) is 2.52. The van der Waals surface area contributed by atoms with Crippen molar-refractivity contribution in [3.63, 3.8) is 0 Å². The van der Waals surface area contributed by atoms with Crippen LogP contribution in [-0.4, -0.2) is 31.3 Å². The molecule has 0 aromatic carbocycles. The molecule has 2 fully saturated rings. The number of hydrogen-bond donors (Lipinski definition) is 2. The first-order valence-electron chi connectivity index (χ1n) is 6.51.